The summed E-state index contributed by atoms with van der Waals surface area (Å²) in [5.41, 5.74) is 5.59. The summed E-state index contributed by atoms with van der Waals surface area (Å²) >= 11 is 1.13. The molecule has 0 radical (unpaired) electrons. The number of anilines is 1. The van der Waals surface area contributed by atoms with Gasteiger partial charge in [0, 0.05) is 31.2 Å². The summed E-state index contributed by atoms with van der Waals surface area (Å²) < 4.78 is 19.3. The molecule has 144 valence electrons. The molecule has 9 heteroatoms. The number of ether oxygens (including phenoxy) is 1. The molecular formula is C18H21FN4O3S. The number of piperazine rings is 1. The predicted molar refractivity (Wildman–Crippen MR) is 100 cm³/mol. The average molecular weight is 392 g/mol. The lowest BCUT2D eigenvalue weighted by Gasteiger charge is -2.44. The lowest BCUT2D eigenvalue weighted by molar-refractivity contribution is 0.0253. The van der Waals surface area contributed by atoms with E-state index in [1.807, 2.05) is 13.8 Å². The first-order valence-electron chi connectivity index (χ1n) is 8.48. The van der Waals surface area contributed by atoms with E-state index in [1.54, 1.807) is 15.9 Å². The van der Waals surface area contributed by atoms with Crippen LogP contribution in [-0.2, 0) is 0 Å². The summed E-state index contributed by atoms with van der Waals surface area (Å²) in [5, 5.41) is 0.336. The standard InChI is InChI=1S/C18H21FN4O3S/c1-10-8-22(17(25)15-7-21-18(20)27-15)9-11(2)23(10)16(24)13-5-4-12(26-3)6-14(13)19/h4-7,10-11H,8-9H2,1-3H3,(H2,20,21)/t10-,11-/m1/s1. The minimum absolute atomic E-state index is 0.00972. The van der Waals surface area contributed by atoms with E-state index in [1.165, 1.54) is 25.4 Å². The molecule has 2 aromatic rings. The van der Waals surface area contributed by atoms with Gasteiger partial charge in [0.2, 0.25) is 0 Å². The maximum atomic E-state index is 14.3. The number of hydrogen-bond acceptors (Lipinski definition) is 6. The molecule has 2 atom stereocenters. The van der Waals surface area contributed by atoms with E-state index in [0.717, 1.165) is 11.3 Å². The Balaban J connectivity index is 1.77. The molecule has 1 saturated heterocycles. The Bertz CT molecular complexity index is 860. The van der Waals surface area contributed by atoms with E-state index in [0.29, 0.717) is 28.8 Å². The zero-order valence-corrected chi connectivity index (χ0v) is 16.1. The second kappa shape index (κ2) is 7.51. The molecule has 1 aliphatic rings. The van der Waals surface area contributed by atoms with Gasteiger partial charge >= 0.3 is 0 Å². The fourth-order valence-corrected chi connectivity index (χ4v) is 4.02. The van der Waals surface area contributed by atoms with Crippen LogP contribution < -0.4 is 10.5 Å². The molecule has 0 bridgehead atoms. The highest BCUT2D eigenvalue weighted by Crippen LogP contribution is 2.25. The van der Waals surface area contributed by atoms with Gasteiger partial charge in [0.05, 0.1) is 18.9 Å². The number of benzene rings is 1. The molecule has 0 aliphatic carbocycles. The summed E-state index contributed by atoms with van der Waals surface area (Å²) in [5.74, 6) is -0.836. The first-order valence-corrected chi connectivity index (χ1v) is 9.30. The summed E-state index contributed by atoms with van der Waals surface area (Å²) in [6.45, 7) is 4.39. The van der Waals surface area contributed by atoms with Gasteiger partial charge in [-0.2, -0.15) is 0 Å². The molecule has 2 amide bonds. The van der Waals surface area contributed by atoms with Crippen molar-refractivity contribution in [3.05, 3.63) is 40.7 Å². The summed E-state index contributed by atoms with van der Waals surface area (Å²) in [7, 11) is 1.44. The van der Waals surface area contributed by atoms with Crippen LogP contribution in [0.5, 0.6) is 5.75 Å². The molecule has 27 heavy (non-hydrogen) atoms. The fraction of sp³-hybridized carbons (Fsp3) is 0.389. The average Bonchev–Trinajstić information content (AvgIpc) is 3.06. The maximum Gasteiger partial charge on any atom is 0.265 e. The van der Waals surface area contributed by atoms with Crippen LogP contribution in [-0.4, -0.2) is 58.9 Å². The molecule has 0 saturated carbocycles. The third-order valence-corrected chi connectivity index (χ3v) is 5.40. The van der Waals surface area contributed by atoms with Gasteiger partial charge in [-0.3, -0.25) is 9.59 Å². The number of nitrogen functional groups attached to an aromatic ring is 1. The Morgan fingerprint density at radius 3 is 2.44 bits per heavy atom. The Hall–Kier alpha value is -2.68. The van der Waals surface area contributed by atoms with Crippen molar-refractivity contribution in [2.24, 2.45) is 0 Å². The molecule has 2 N–H and O–H groups in total. The van der Waals surface area contributed by atoms with Crippen molar-refractivity contribution in [1.29, 1.82) is 0 Å². The van der Waals surface area contributed by atoms with Gasteiger partial charge in [0.1, 0.15) is 16.4 Å². The number of carbonyl (C=O) groups is 2. The first-order chi connectivity index (χ1) is 12.8. The minimum Gasteiger partial charge on any atom is -0.497 e. The van der Waals surface area contributed by atoms with Crippen molar-refractivity contribution in [1.82, 2.24) is 14.8 Å². The van der Waals surface area contributed by atoms with Crippen LogP contribution in [0, 0.1) is 5.82 Å². The maximum absolute atomic E-state index is 14.3. The van der Waals surface area contributed by atoms with Crippen LogP contribution in [0.25, 0.3) is 0 Å². The number of methoxy groups -OCH3 is 1. The summed E-state index contributed by atoms with van der Waals surface area (Å²) in [6, 6.07) is 3.64. The lowest BCUT2D eigenvalue weighted by Crippen LogP contribution is -2.59. The van der Waals surface area contributed by atoms with Gasteiger partial charge < -0.3 is 20.3 Å². The fourth-order valence-electron chi connectivity index (χ4n) is 3.37. The quantitative estimate of drug-likeness (QED) is 0.865. The number of halogens is 1. The summed E-state index contributed by atoms with van der Waals surface area (Å²) in [4.78, 5) is 33.2. The van der Waals surface area contributed by atoms with Gasteiger partial charge in [-0.05, 0) is 26.0 Å². The van der Waals surface area contributed by atoms with Gasteiger partial charge in [-0.15, -0.1) is 0 Å². The lowest BCUT2D eigenvalue weighted by atomic mass is 10.0. The van der Waals surface area contributed by atoms with Crippen molar-refractivity contribution in [2.45, 2.75) is 25.9 Å². The van der Waals surface area contributed by atoms with E-state index in [-0.39, 0.29) is 23.6 Å². The van der Waals surface area contributed by atoms with Crippen molar-refractivity contribution < 1.29 is 18.7 Å². The monoisotopic (exact) mass is 392 g/mol. The zero-order chi connectivity index (χ0) is 19.7. The van der Waals surface area contributed by atoms with E-state index in [4.69, 9.17) is 10.5 Å². The van der Waals surface area contributed by atoms with E-state index >= 15 is 0 Å². The molecule has 2 heterocycles. The number of nitrogens with two attached hydrogens (primary N) is 1. The van der Waals surface area contributed by atoms with Crippen molar-refractivity contribution in [3.8, 4) is 5.75 Å². The molecule has 0 spiro atoms. The Morgan fingerprint density at radius 2 is 1.93 bits per heavy atom. The van der Waals surface area contributed by atoms with Crippen LogP contribution in [0.4, 0.5) is 9.52 Å². The predicted octanol–water partition coefficient (Wildman–Crippen LogP) is 2.25. The molecular weight excluding hydrogens is 371 g/mol. The highest BCUT2D eigenvalue weighted by Gasteiger charge is 2.36. The van der Waals surface area contributed by atoms with Gasteiger partial charge in [-0.1, -0.05) is 11.3 Å². The smallest absolute Gasteiger partial charge is 0.265 e. The van der Waals surface area contributed by atoms with Crippen LogP contribution in [0.3, 0.4) is 0 Å². The van der Waals surface area contributed by atoms with E-state index in [2.05, 4.69) is 4.98 Å². The normalized spacial score (nSPS) is 19.9. The largest absolute Gasteiger partial charge is 0.497 e. The minimum atomic E-state index is -0.627. The molecule has 7 nitrogen and oxygen atoms in total. The second-order valence-corrected chi connectivity index (χ2v) is 7.59. The molecule has 0 unspecified atom stereocenters. The Morgan fingerprint density at radius 1 is 1.26 bits per heavy atom. The first kappa shape index (κ1) is 19.1. The molecule has 1 aliphatic heterocycles. The Kier molecular flexibility index (Phi) is 5.31. The number of carbonyl (C=O) groups excluding carboxylic acids is 2. The highest BCUT2D eigenvalue weighted by molar-refractivity contribution is 7.17. The van der Waals surface area contributed by atoms with Crippen LogP contribution >= 0.6 is 11.3 Å². The van der Waals surface area contributed by atoms with Crippen molar-refractivity contribution >= 4 is 28.3 Å². The third kappa shape index (κ3) is 3.73. The van der Waals surface area contributed by atoms with Crippen molar-refractivity contribution in [3.63, 3.8) is 0 Å². The van der Waals surface area contributed by atoms with Crippen LogP contribution in [0.1, 0.15) is 33.9 Å². The molecule has 1 aromatic carbocycles. The Labute approximate surface area is 160 Å². The number of rotatable bonds is 3. The number of amides is 2. The number of thiazole rings is 1. The van der Waals surface area contributed by atoms with Gasteiger partial charge in [-0.25, -0.2) is 9.37 Å². The third-order valence-electron chi connectivity index (χ3n) is 4.58. The van der Waals surface area contributed by atoms with E-state index < -0.39 is 11.7 Å². The van der Waals surface area contributed by atoms with Gasteiger partial charge in [0.25, 0.3) is 11.8 Å². The molecule has 1 aromatic heterocycles. The van der Waals surface area contributed by atoms with Crippen LogP contribution in [0.15, 0.2) is 24.4 Å². The summed E-state index contributed by atoms with van der Waals surface area (Å²) in [6.07, 6.45) is 1.46. The highest BCUT2D eigenvalue weighted by atomic mass is 32.1. The van der Waals surface area contributed by atoms with Crippen molar-refractivity contribution in [2.75, 3.05) is 25.9 Å². The number of aromatic nitrogens is 1. The zero-order valence-electron chi connectivity index (χ0n) is 15.3. The molecule has 3 rings (SSSR count). The van der Waals surface area contributed by atoms with Gasteiger partial charge in [0.15, 0.2) is 5.13 Å². The van der Waals surface area contributed by atoms with E-state index in [9.17, 15) is 14.0 Å². The van der Waals surface area contributed by atoms with Crippen LogP contribution in [0.2, 0.25) is 0 Å². The molecule has 1 fully saturated rings. The SMILES string of the molecule is COc1ccc(C(=O)N2[C@H](C)CN(C(=O)c3cnc(N)s3)C[C@H]2C)c(F)c1. The number of nitrogens with zero attached hydrogens (tertiary/aromatic N) is 3. The topological polar surface area (TPSA) is 88.8 Å². The second-order valence-electron chi connectivity index (χ2n) is 6.53. The number of hydrogen-bond donors (Lipinski definition) is 1.